The predicted octanol–water partition coefficient (Wildman–Crippen LogP) is 2.81. The van der Waals surface area contributed by atoms with Gasteiger partial charge in [-0.15, -0.1) is 0 Å². The van der Waals surface area contributed by atoms with Gasteiger partial charge in [-0.2, -0.15) is 20.1 Å². The van der Waals surface area contributed by atoms with Gasteiger partial charge in [0, 0.05) is 34.2 Å². The Morgan fingerprint density at radius 1 is 0.774 bits per heavy atom. The van der Waals surface area contributed by atoms with Crippen molar-refractivity contribution >= 4 is 11.9 Å². The number of anilines is 2. The quantitative estimate of drug-likeness (QED) is 0.483. The second-order valence-electron chi connectivity index (χ2n) is 11.7. The second-order valence-corrected chi connectivity index (χ2v) is 11.7. The molecule has 0 bridgehead atoms. The van der Waals surface area contributed by atoms with Crippen molar-refractivity contribution in [1.82, 2.24) is 25.1 Å². The molecule has 2 aliphatic heterocycles. The Kier molecular flexibility index (Phi) is 5.92. The summed E-state index contributed by atoms with van der Waals surface area (Å²) in [7, 11) is 0. The summed E-state index contributed by atoms with van der Waals surface area (Å²) in [5, 5.41) is 30.5. The van der Waals surface area contributed by atoms with E-state index in [9.17, 15) is 15.2 Å². The molecule has 0 amide bonds. The summed E-state index contributed by atoms with van der Waals surface area (Å²) in [4.78, 5) is 23.4. The molecule has 1 aromatic heterocycles. The van der Waals surface area contributed by atoms with Crippen molar-refractivity contribution in [3.63, 3.8) is 0 Å². The number of nitrogens with zero attached hydrogens (tertiary/aromatic N) is 4. The number of nitrogens with one attached hydrogen (secondary N) is 3. The molecule has 3 rings (SSSR count). The highest BCUT2D eigenvalue weighted by molar-refractivity contribution is 5.35. The minimum atomic E-state index is -0.476. The molecule has 176 valence electrons. The van der Waals surface area contributed by atoms with Crippen LogP contribution in [0.5, 0.6) is 0 Å². The minimum absolute atomic E-state index is 0.0125. The number of hydroxylamine groups is 4. The molecule has 2 fully saturated rings. The van der Waals surface area contributed by atoms with Crippen molar-refractivity contribution in [3.8, 4) is 0 Å². The Bertz CT molecular complexity index is 764. The van der Waals surface area contributed by atoms with Crippen LogP contribution in [0.4, 0.5) is 11.9 Å². The minimum Gasteiger partial charge on any atom is -0.353 e. The van der Waals surface area contributed by atoms with Gasteiger partial charge in [-0.1, -0.05) is 0 Å². The Labute approximate surface area is 184 Å². The van der Waals surface area contributed by atoms with Crippen LogP contribution in [-0.2, 0) is 0 Å². The fraction of sp³-hybridized carbons (Fsp3) is 0.857. The standard InChI is InChI=1S/C21H39N7O3/c1-18(2)9-13(10-19(3,4)27(18)30)22-15-24-16(26-17(29)25-15)23-14-11-20(5,6)28(31)21(7,8)12-14/h13-14,30-31H,9-12H2,1-8H3,(H3,22,23,24,25,26,29). The van der Waals surface area contributed by atoms with Crippen LogP contribution in [-0.4, -0.2) is 69.7 Å². The highest BCUT2D eigenvalue weighted by Gasteiger charge is 2.46. The number of rotatable bonds is 4. The summed E-state index contributed by atoms with van der Waals surface area (Å²) in [6, 6.07) is 0.0424. The van der Waals surface area contributed by atoms with Crippen molar-refractivity contribution < 1.29 is 10.4 Å². The van der Waals surface area contributed by atoms with Gasteiger partial charge in [-0.25, -0.2) is 4.79 Å². The SMILES string of the molecule is CC1(C)CC(Nc2nc(NC3CC(C)(C)N(O)C(C)(C)C3)[nH]c(=O)n2)CC(C)(C)N1O. The second kappa shape index (κ2) is 7.68. The van der Waals surface area contributed by atoms with E-state index in [2.05, 4.69) is 25.6 Å². The molecule has 10 nitrogen and oxygen atoms in total. The van der Waals surface area contributed by atoms with E-state index >= 15 is 0 Å². The van der Waals surface area contributed by atoms with Crippen LogP contribution in [0.3, 0.4) is 0 Å². The van der Waals surface area contributed by atoms with Gasteiger partial charge in [0.15, 0.2) is 0 Å². The lowest BCUT2D eigenvalue weighted by atomic mass is 9.79. The van der Waals surface area contributed by atoms with Gasteiger partial charge < -0.3 is 21.0 Å². The first-order valence-corrected chi connectivity index (χ1v) is 11.0. The number of aromatic amines is 1. The number of H-pyrrole nitrogens is 1. The molecule has 5 N–H and O–H groups in total. The van der Waals surface area contributed by atoms with Crippen molar-refractivity contribution in [2.45, 2.75) is 115 Å². The molecule has 0 aliphatic carbocycles. The Hall–Kier alpha value is -1.75. The average molecular weight is 438 g/mol. The zero-order valence-corrected chi connectivity index (χ0v) is 20.1. The van der Waals surface area contributed by atoms with Gasteiger partial charge in [0.2, 0.25) is 11.9 Å². The molecule has 0 unspecified atom stereocenters. The van der Waals surface area contributed by atoms with E-state index in [0.29, 0.717) is 31.6 Å². The van der Waals surface area contributed by atoms with Crippen LogP contribution in [0.2, 0.25) is 0 Å². The average Bonchev–Trinajstić information content (AvgIpc) is 2.56. The summed E-state index contributed by atoms with van der Waals surface area (Å²) in [5.41, 5.74) is -2.14. The van der Waals surface area contributed by atoms with Crippen LogP contribution in [0.15, 0.2) is 4.79 Å². The third-order valence-electron chi connectivity index (χ3n) is 6.60. The lowest BCUT2D eigenvalue weighted by molar-refractivity contribution is -0.243. The molecule has 1 aromatic rings. The molecule has 3 heterocycles. The molecular weight excluding hydrogens is 398 g/mol. The summed E-state index contributed by atoms with van der Waals surface area (Å²) in [6.45, 7) is 15.9. The number of piperidine rings is 2. The van der Waals surface area contributed by atoms with Crippen LogP contribution in [0, 0.1) is 0 Å². The van der Waals surface area contributed by atoms with E-state index < -0.39 is 27.8 Å². The van der Waals surface area contributed by atoms with Crippen LogP contribution < -0.4 is 16.3 Å². The van der Waals surface area contributed by atoms with Gasteiger partial charge in [0.25, 0.3) is 0 Å². The molecule has 2 saturated heterocycles. The van der Waals surface area contributed by atoms with Crippen LogP contribution >= 0.6 is 0 Å². The van der Waals surface area contributed by atoms with Gasteiger partial charge in [-0.05, 0) is 81.1 Å². The fourth-order valence-corrected chi connectivity index (χ4v) is 5.64. The van der Waals surface area contributed by atoms with E-state index in [-0.39, 0.29) is 18.0 Å². The topological polar surface area (TPSA) is 130 Å². The van der Waals surface area contributed by atoms with E-state index in [1.807, 2.05) is 55.4 Å². The molecule has 0 radical (unpaired) electrons. The normalized spacial score (nSPS) is 26.5. The van der Waals surface area contributed by atoms with E-state index in [4.69, 9.17) is 0 Å². The van der Waals surface area contributed by atoms with Gasteiger partial charge >= 0.3 is 5.69 Å². The first-order chi connectivity index (χ1) is 14.0. The maximum Gasteiger partial charge on any atom is 0.350 e. The molecular formula is C21H39N7O3. The highest BCUT2D eigenvalue weighted by Crippen LogP contribution is 2.38. The van der Waals surface area contributed by atoms with Crippen LogP contribution in [0.1, 0.15) is 81.1 Å². The van der Waals surface area contributed by atoms with E-state index in [1.54, 1.807) is 0 Å². The number of hydrogen-bond acceptors (Lipinski definition) is 9. The maximum atomic E-state index is 12.2. The summed E-state index contributed by atoms with van der Waals surface area (Å²) in [5.74, 6) is 0.635. The molecule has 0 saturated carbocycles. The Balaban J connectivity index is 1.76. The molecule has 0 atom stereocenters. The molecule has 0 spiro atoms. The van der Waals surface area contributed by atoms with E-state index in [0.717, 1.165) is 0 Å². The molecule has 2 aliphatic rings. The van der Waals surface area contributed by atoms with Gasteiger partial charge in [0.1, 0.15) is 0 Å². The first-order valence-electron chi connectivity index (χ1n) is 11.0. The molecule has 10 heteroatoms. The monoisotopic (exact) mass is 437 g/mol. The Morgan fingerprint density at radius 3 is 1.58 bits per heavy atom. The van der Waals surface area contributed by atoms with Gasteiger partial charge in [-0.3, -0.25) is 4.98 Å². The van der Waals surface area contributed by atoms with Crippen molar-refractivity contribution in [2.24, 2.45) is 0 Å². The lowest BCUT2D eigenvalue weighted by Crippen LogP contribution is -2.61. The third-order valence-corrected chi connectivity index (χ3v) is 6.60. The van der Waals surface area contributed by atoms with E-state index in [1.165, 1.54) is 10.1 Å². The molecule has 31 heavy (non-hydrogen) atoms. The third kappa shape index (κ3) is 5.02. The van der Waals surface area contributed by atoms with Crippen molar-refractivity contribution in [1.29, 1.82) is 0 Å². The number of aromatic nitrogens is 3. The zero-order valence-electron chi connectivity index (χ0n) is 20.1. The smallest absolute Gasteiger partial charge is 0.350 e. The summed E-state index contributed by atoms with van der Waals surface area (Å²) >= 11 is 0. The highest BCUT2D eigenvalue weighted by atomic mass is 16.5. The zero-order chi connectivity index (χ0) is 23.4. The summed E-state index contributed by atoms with van der Waals surface area (Å²) < 4.78 is 0. The fourth-order valence-electron chi connectivity index (χ4n) is 5.64. The number of hydrogen-bond donors (Lipinski definition) is 5. The Morgan fingerprint density at radius 2 is 1.16 bits per heavy atom. The van der Waals surface area contributed by atoms with Crippen molar-refractivity contribution in [3.05, 3.63) is 10.5 Å². The largest absolute Gasteiger partial charge is 0.353 e. The first kappa shape index (κ1) is 23.9. The molecule has 0 aromatic carbocycles. The lowest BCUT2D eigenvalue weighted by Gasteiger charge is -2.51. The van der Waals surface area contributed by atoms with Crippen LogP contribution in [0.25, 0.3) is 0 Å². The summed E-state index contributed by atoms with van der Waals surface area (Å²) in [6.07, 6.45) is 2.75. The van der Waals surface area contributed by atoms with Crippen molar-refractivity contribution in [2.75, 3.05) is 10.6 Å². The maximum absolute atomic E-state index is 12.2. The predicted molar refractivity (Wildman–Crippen MR) is 120 cm³/mol. The van der Waals surface area contributed by atoms with Gasteiger partial charge in [0.05, 0.1) is 0 Å².